The van der Waals surface area contributed by atoms with E-state index < -0.39 is 0 Å². The summed E-state index contributed by atoms with van der Waals surface area (Å²) >= 11 is 1.31. The van der Waals surface area contributed by atoms with Gasteiger partial charge < -0.3 is 9.72 Å². The Hall–Kier alpha value is -1.63. The number of imidazole rings is 1. The maximum absolute atomic E-state index is 11.3. The summed E-state index contributed by atoms with van der Waals surface area (Å²) in [5.74, 6) is -0.281. The lowest BCUT2D eigenvalue weighted by atomic mass is 10.5. The molecule has 0 aliphatic heterocycles. The second-order valence-electron chi connectivity index (χ2n) is 3.06. The Morgan fingerprint density at radius 2 is 2.31 bits per heavy atom. The van der Waals surface area contributed by atoms with Crippen molar-refractivity contribution in [3.8, 4) is 0 Å². The minimum absolute atomic E-state index is 0.281. The number of thioether (sulfide) groups is 1. The number of methoxy groups -OCH3 is 1. The first-order valence-corrected chi connectivity index (χ1v) is 5.49. The maximum atomic E-state index is 11.3. The lowest BCUT2D eigenvalue weighted by molar-refractivity contribution is -0.139. The van der Waals surface area contributed by atoms with Gasteiger partial charge in [-0.1, -0.05) is 11.8 Å². The third kappa shape index (κ3) is 1.99. The number of hydrogen-bond acceptors (Lipinski definition) is 6. The Morgan fingerprint density at radius 3 is 3.06 bits per heavy atom. The molecule has 7 heteroatoms. The van der Waals surface area contributed by atoms with E-state index in [1.165, 1.54) is 25.2 Å². The fourth-order valence-corrected chi connectivity index (χ4v) is 2.12. The van der Waals surface area contributed by atoms with Crippen LogP contribution in [0.25, 0.3) is 11.2 Å². The van der Waals surface area contributed by atoms with Crippen LogP contribution >= 0.6 is 11.8 Å². The van der Waals surface area contributed by atoms with Crippen LogP contribution in [0.5, 0.6) is 0 Å². The van der Waals surface area contributed by atoms with Gasteiger partial charge in [-0.25, -0.2) is 15.0 Å². The van der Waals surface area contributed by atoms with Crippen LogP contribution in [-0.4, -0.2) is 38.3 Å². The summed E-state index contributed by atoms with van der Waals surface area (Å²) < 4.78 is 4.65. The smallest absolute Gasteiger partial charge is 0.318 e. The van der Waals surface area contributed by atoms with Gasteiger partial charge in [0.25, 0.3) is 0 Å². The number of hydrogen-bond donors (Lipinski definition) is 1. The molecule has 0 amide bonds. The van der Waals surface area contributed by atoms with Gasteiger partial charge in [-0.2, -0.15) is 0 Å². The van der Waals surface area contributed by atoms with Gasteiger partial charge in [-0.3, -0.25) is 4.79 Å². The summed E-state index contributed by atoms with van der Waals surface area (Å²) in [6, 6.07) is 0. The van der Waals surface area contributed by atoms with Gasteiger partial charge in [-0.05, 0) is 6.92 Å². The number of fused-ring (bicyclic) bond motifs is 1. The monoisotopic (exact) mass is 238 g/mol. The van der Waals surface area contributed by atoms with E-state index in [0.29, 0.717) is 10.7 Å². The highest BCUT2D eigenvalue weighted by molar-refractivity contribution is 8.00. The normalized spacial score (nSPS) is 12.6. The lowest BCUT2D eigenvalue weighted by Crippen LogP contribution is -2.14. The van der Waals surface area contributed by atoms with Crippen molar-refractivity contribution in [2.45, 2.75) is 17.2 Å². The standard InChI is InChI=1S/C9H10N4O2S/c1-5(9(14)15-2)16-8-6-7(11-3-10-6)12-4-13-8/h3-5H,1-2H3,(H,10,11,12,13). The molecule has 0 aliphatic rings. The summed E-state index contributed by atoms with van der Waals surface area (Å²) in [7, 11) is 1.37. The average Bonchev–Trinajstić information content (AvgIpc) is 2.77. The SMILES string of the molecule is COC(=O)C(C)Sc1ncnc2nc[nH]c12. The zero-order valence-corrected chi connectivity index (χ0v) is 9.61. The fourth-order valence-electron chi connectivity index (χ4n) is 1.21. The quantitative estimate of drug-likeness (QED) is 0.488. The van der Waals surface area contributed by atoms with E-state index >= 15 is 0 Å². The number of carbonyl (C=O) groups is 1. The predicted octanol–water partition coefficient (Wildman–Crippen LogP) is 1.01. The zero-order chi connectivity index (χ0) is 11.5. The van der Waals surface area contributed by atoms with Crippen LogP contribution in [-0.2, 0) is 9.53 Å². The van der Waals surface area contributed by atoms with Crippen LogP contribution in [0, 0.1) is 0 Å². The third-order valence-corrected chi connectivity index (χ3v) is 3.09. The summed E-state index contributed by atoms with van der Waals surface area (Å²) in [5.41, 5.74) is 1.33. The molecule has 1 atom stereocenters. The van der Waals surface area contributed by atoms with Gasteiger partial charge in [0.1, 0.15) is 22.1 Å². The molecule has 1 unspecified atom stereocenters. The van der Waals surface area contributed by atoms with Gasteiger partial charge >= 0.3 is 5.97 Å². The summed E-state index contributed by atoms with van der Waals surface area (Å²) in [6.45, 7) is 1.76. The van der Waals surface area contributed by atoms with Crippen molar-refractivity contribution in [1.29, 1.82) is 0 Å². The first kappa shape index (κ1) is 10.9. The number of esters is 1. The van der Waals surface area contributed by atoms with Gasteiger partial charge in [0.15, 0.2) is 5.65 Å². The van der Waals surface area contributed by atoms with Crippen molar-refractivity contribution >= 4 is 28.9 Å². The molecule has 84 valence electrons. The van der Waals surface area contributed by atoms with Crippen molar-refractivity contribution < 1.29 is 9.53 Å². The molecule has 1 N–H and O–H groups in total. The Kier molecular flexibility index (Phi) is 3.04. The number of rotatable bonds is 3. The first-order valence-electron chi connectivity index (χ1n) is 4.61. The van der Waals surface area contributed by atoms with Crippen molar-refractivity contribution in [3.63, 3.8) is 0 Å². The highest BCUT2D eigenvalue weighted by Gasteiger charge is 2.17. The second kappa shape index (κ2) is 4.48. The van der Waals surface area contributed by atoms with Crippen molar-refractivity contribution in [3.05, 3.63) is 12.7 Å². The van der Waals surface area contributed by atoms with Crippen LogP contribution in [0.1, 0.15) is 6.92 Å². The van der Waals surface area contributed by atoms with Crippen LogP contribution < -0.4 is 0 Å². The molecule has 0 saturated carbocycles. The van der Waals surface area contributed by atoms with Crippen molar-refractivity contribution in [2.24, 2.45) is 0 Å². The van der Waals surface area contributed by atoms with E-state index in [1.54, 1.807) is 13.3 Å². The molecule has 2 aromatic rings. The molecule has 0 saturated heterocycles. The van der Waals surface area contributed by atoms with E-state index in [1.807, 2.05) is 0 Å². The first-order chi connectivity index (χ1) is 7.72. The zero-order valence-electron chi connectivity index (χ0n) is 8.80. The highest BCUT2D eigenvalue weighted by Crippen LogP contribution is 2.26. The highest BCUT2D eigenvalue weighted by atomic mass is 32.2. The van der Waals surface area contributed by atoms with Crippen LogP contribution in [0.15, 0.2) is 17.7 Å². The fraction of sp³-hybridized carbons (Fsp3) is 0.333. The molecule has 2 rings (SSSR count). The van der Waals surface area contributed by atoms with E-state index in [9.17, 15) is 4.79 Å². The summed E-state index contributed by atoms with van der Waals surface area (Å²) in [6.07, 6.45) is 2.97. The number of nitrogens with zero attached hydrogens (tertiary/aromatic N) is 3. The Bertz CT molecular complexity index is 513. The summed E-state index contributed by atoms with van der Waals surface area (Å²) in [5, 5.41) is 0.381. The number of nitrogens with one attached hydrogen (secondary N) is 1. The topological polar surface area (TPSA) is 80.8 Å². The molecular formula is C9H10N4O2S. The minimum Gasteiger partial charge on any atom is -0.468 e. The Morgan fingerprint density at radius 1 is 1.50 bits per heavy atom. The van der Waals surface area contributed by atoms with Crippen LogP contribution in [0.3, 0.4) is 0 Å². The van der Waals surface area contributed by atoms with Gasteiger partial charge in [0, 0.05) is 0 Å². The molecule has 0 radical (unpaired) electrons. The number of aromatic nitrogens is 4. The molecule has 0 spiro atoms. The molecule has 0 aliphatic carbocycles. The van der Waals surface area contributed by atoms with Crippen molar-refractivity contribution in [2.75, 3.05) is 7.11 Å². The lowest BCUT2D eigenvalue weighted by Gasteiger charge is -2.07. The number of H-pyrrole nitrogens is 1. The molecule has 6 nitrogen and oxygen atoms in total. The molecule has 2 heterocycles. The second-order valence-corrected chi connectivity index (χ2v) is 4.39. The van der Waals surface area contributed by atoms with Crippen LogP contribution in [0.4, 0.5) is 0 Å². The number of carbonyl (C=O) groups excluding carboxylic acids is 1. The average molecular weight is 238 g/mol. The van der Waals surface area contributed by atoms with Gasteiger partial charge in [-0.15, -0.1) is 0 Å². The maximum Gasteiger partial charge on any atom is 0.318 e. The predicted molar refractivity (Wildman–Crippen MR) is 59.0 cm³/mol. The van der Waals surface area contributed by atoms with E-state index in [0.717, 1.165) is 5.52 Å². The Balaban J connectivity index is 2.27. The van der Waals surface area contributed by atoms with Gasteiger partial charge in [0.05, 0.1) is 13.4 Å². The van der Waals surface area contributed by atoms with Crippen molar-refractivity contribution in [1.82, 2.24) is 19.9 Å². The minimum atomic E-state index is -0.314. The van der Waals surface area contributed by atoms with E-state index in [4.69, 9.17) is 0 Å². The molecule has 16 heavy (non-hydrogen) atoms. The molecular weight excluding hydrogens is 228 g/mol. The summed E-state index contributed by atoms with van der Waals surface area (Å²) in [4.78, 5) is 26.3. The van der Waals surface area contributed by atoms with E-state index in [2.05, 4.69) is 24.7 Å². The largest absolute Gasteiger partial charge is 0.468 e. The molecule has 2 aromatic heterocycles. The van der Waals surface area contributed by atoms with E-state index in [-0.39, 0.29) is 11.2 Å². The third-order valence-electron chi connectivity index (χ3n) is 2.01. The molecule has 0 bridgehead atoms. The molecule has 0 aromatic carbocycles. The Labute approximate surface area is 95.8 Å². The van der Waals surface area contributed by atoms with Gasteiger partial charge in [0.2, 0.25) is 0 Å². The number of aromatic amines is 1. The number of ether oxygens (including phenoxy) is 1. The van der Waals surface area contributed by atoms with Crippen LogP contribution in [0.2, 0.25) is 0 Å². The molecule has 0 fully saturated rings.